The summed E-state index contributed by atoms with van der Waals surface area (Å²) in [5.74, 6) is 0.505. The van der Waals surface area contributed by atoms with Crippen LogP contribution in [0.5, 0.6) is 5.75 Å². The highest BCUT2D eigenvalue weighted by atomic mass is 32.2. The van der Waals surface area contributed by atoms with Gasteiger partial charge in [-0.2, -0.15) is 0 Å². The lowest BCUT2D eigenvalue weighted by Gasteiger charge is -2.13. The van der Waals surface area contributed by atoms with E-state index in [0.717, 1.165) is 11.3 Å². The molecule has 0 aliphatic rings. The number of anilines is 1. The van der Waals surface area contributed by atoms with Crippen molar-refractivity contribution in [2.45, 2.75) is 16.3 Å². The van der Waals surface area contributed by atoms with E-state index in [-0.39, 0.29) is 22.2 Å². The highest BCUT2D eigenvalue weighted by Crippen LogP contribution is 2.27. The Morgan fingerprint density at radius 1 is 0.897 bits per heavy atom. The van der Waals surface area contributed by atoms with Crippen LogP contribution in [0, 0.1) is 0 Å². The summed E-state index contributed by atoms with van der Waals surface area (Å²) in [5, 5.41) is 5.74. The Labute approximate surface area is 170 Å². The second-order valence-corrected chi connectivity index (χ2v) is 8.21. The molecule has 0 unspecified atom stereocenters. The largest absolute Gasteiger partial charge is 0.497 e. The van der Waals surface area contributed by atoms with E-state index >= 15 is 0 Å². The van der Waals surface area contributed by atoms with Gasteiger partial charge in [0.25, 0.3) is 0 Å². The molecule has 7 heteroatoms. The van der Waals surface area contributed by atoms with Gasteiger partial charge in [-0.25, -0.2) is 8.42 Å². The van der Waals surface area contributed by atoms with Crippen molar-refractivity contribution in [1.82, 2.24) is 5.32 Å². The number of hydrogen-bond acceptors (Lipinski definition) is 5. The monoisotopic (exact) mass is 410 g/mol. The normalized spacial score (nSPS) is 10.9. The predicted molar refractivity (Wildman–Crippen MR) is 112 cm³/mol. The smallest absolute Gasteiger partial charge is 0.239 e. The average Bonchev–Trinajstić information content (AvgIpc) is 2.77. The van der Waals surface area contributed by atoms with Crippen LogP contribution in [-0.2, 0) is 21.2 Å². The van der Waals surface area contributed by atoms with Crippen LogP contribution in [0.3, 0.4) is 0 Å². The first-order valence-electron chi connectivity index (χ1n) is 9.03. The van der Waals surface area contributed by atoms with E-state index in [9.17, 15) is 13.2 Å². The molecule has 0 fully saturated rings. The molecule has 0 radical (unpaired) electrons. The molecule has 0 saturated heterocycles. The Bertz CT molecular complexity index is 1070. The third-order valence-corrected chi connectivity index (χ3v) is 6.15. The minimum absolute atomic E-state index is 0.0442. The standard InChI is InChI=1S/C22H22N2O4S/c1-28-18-13-11-17(12-14-18)15-24-22(25)16-23-20-9-5-6-10-21(20)29(26,27)19-7-3-2-4-8-19/h2-14,23H,15-16H2,1H3,(H,24,25). The van der Waals surface area contributed by atoms with Gasteiger partial charge in [0, 0.05) is 6.54 Å². The molecule has 0 atom stereocenters. The lowest BCUT2D eigenvalue weighted by molar-refractivity contribution is -0.119. The molecule has 0 saturated carbocycles. The van der Waals surface area contributed by atoms with Gasteiger partial charge in [-0.3, -0.25) is 4.79 Å². The van der Waals surface area contributed by atoms with Gasteiger partial charge in [0.1, 0.15) is 5.75 Å². The third kappa shape index (κ3) is 5.14. The zero-order valence-corrected chi connectivity index (χ0v) is 16.8. The summed E-state index contributed by atoms with van der Waals surface area (Å²) in [6.45, 7) is 0.325. The average molecular weight is 410 g/mol. The molecular formula is C22H22N2O4S. The number of carbonyl (C=O) groups excluding carboxylic acids is 1. The van der Waals surface area contributed by atoms with Gasteiger partial charge in [0.15, 0.2) is 0 Å². The number of ether oxygens (including phenoxy) is 1. The van der Waals surface area contributed by atoms with Gasteiger partial charge in [-0.15, -0.1) is 0 Å². The zero-order chi connectivity index (χ0) is 20.7. The van der Waals surface area contributed by atoms with E-state index < -0.39 is 9.84 Å². The van der Waals surface area contributed by atoms with E-state index in [2.05, 4.69) is 10.6 Å². The van der Waals surface area contributed by atoms with Gasteiger partial charge in [-0.1, -0.05) is 42.5 Å². The van der Waals surface area contributed by atoms with Gasteiger partial charge < -0.3 is 15.4 Å². The second kappa shape index (κ2) is 9.25. The summed E-state index contributed by atoms with van der Waals surface area (Å²) in [6.07, 6.45) is 0. The first-order chi connectivity index (χ1) is 14.0. The molecular weight excluding hydrogens is 388 g/mol. The summed E-state index contributed by atoms with van der Waals surface area (Å²) in [5.41, 5.74) is 1.32. The molecule has 0 bridgehead atoms. The van der Waals surface area contributed by atoms with Crippen LogP contribution in [0.4, 0.5) is 5.69 Å². The number of carbonyl (C=O) groups is 1. The molecule has 2 N–H and O–H groups in total. The fourth-order valence-corrected chi connectivity index (χ4v) is 4.21. The molecule has 0 heterocycles. The van der Waals surface area contributed by atoms with Gasteiger partial charge in [0.05, 0.1) is 29.1 Å². The van der Waals surface area contributed by atoms with E-state index in [1.165, 1.54) is 6.07 Å². The number of para-hydroxylation sites is 1. The Morgan fingerprint density at radius 3 is 2.24 bits per heavy atom. The van der Waals surface area contributed by atoms with Crippen LogP contribution < -0.4 is 15.4 Å². The lowest BCUT2D eigenvalue weighted by Crippen LogP contribution is -2.29. The molecule has 3 rings (SSSR count). The van der Waals surface area contributed by atoms with Crippen molar-refractivity contribution in [3.63, 3.8) is 0 Å². The van der Waals surface area contributed by atoms with Crippen LogP contribution in [0.15, 0.2) is 88.7 Å². The molecule has 0 aromatic heterocycles. The predicted octanol–water partition coefficient (Wildman–Crippen LogP) is 3.26. The fraction of sp³-hybridized carbons (Fsp3) is 0.136. The number of amides is 1. The molecule has 0 aliphatic carbocycles. The third-order valence-electron chi connectivity index (χ3n) is 4.32. The molecule has 150 valence electrons. The maximum Gasteiger partial charge on any atom is 0.239 e. The summed E-state index contributed by atoms with van der Waals surface area (Å²) < 4.78 is 30.9. The Hall–Kier alpha value is -3.32. The van der Waals surface area contributed by atoms with Crippen LogP contribution in [0.25, 0.3) is 0 Å². The highest BCUT2D eigenvalue weighted by molar-refractivity contribution is 7.91. The zero-order valence-electron chi connectivity index (χ0n) is 16.0. The molecule has 0 spiro atoms. The number of sulfone groups is 1. The molecule has 1 amide bonds. The van der Waals surface area contributed by atoms with E-state index in [4.69, 9.17) is 4.74 Å². The van der Waals surface area contributed by atoms with Crippen molar-refractivity contribution in [3.05, 3.63) is 84.4 Å². The molecule has 29 heavy (non-hydrogen) atoms. The molecule has 0 aliphatic heterocycles. The van der Waals surface area contributed by atoms with Crippen molar-refractivity contribution in [1.29, 1.82) is 0 Å². The quantitative estimate of drug-likeness (QED) is 0.596. The first-order valence-corrected chi connectivity index (χ1v) is 10.5. The molecule has 3 aromatic rings. The van der Waals surface area contributed by atoms with E-state index in [1.807, 2.05) is 24.3 Å². The maximum atomic E-state index is 12.9. The van der Waals surface area contributed by atoms with Crippen molar-refractivity contribution in [2.24, 2.45) is 0 Å². The number of nitrogens with one attached hydrogen (secondary N) is 2. The van der Waals surface area contributed by atoms with Crippen LogP contribution >= 0.6 is 0 Å². The minimum Gasteiger partial charge on any atom is -0.497 e. The number of rotatable bonds is 8. The fourth-order valence-electron chi connectivity index (χ4n) is 2.76. The highest BCUT2D eigenvalue weighted by Gasteiger charge is 2.20. The van der Waals surface area contributed by atoms with Crippen LogP contribution in [0.2, 0.25) is 0 Å². The van der Waals surface area contributed by atoms with Gasteiger partial charge >= 0.3 is 0 Å². The summed E-state index contributed by atoms with van der Waals surface area (Å²) in [4.78, 5) is 12.5. The Balaban J connectivity index is 1.64. The van der Waals surface area contributed by atoms with Crippen LogP contribution in [-0.4, -0.2) is 28.0 Å². The van der Waals surface area contributed by atoms with Crippen molar-refractivity contribution >= 4 is 21.4 Å². The summed E-state index contributed by atoms with van der Waals surface area (Å²) in [6, 6.07) is 22.2. The van der Waals surface area contributed by atoms with Crippen molar-refractivity contribution < 1.29 is 17.9 Å². The van der Waals surface area contributed by atoms with E-state index in [0.29, 0.717) is 12.2 Å². The number of benzene rings is 3. The first kappa shape index (κ1) is 20.4. The van der Waals surface area contributed by atoms with E-state index in [1.54, 1.807) is 55.6 Å². The van der Waals surface area contributed by atoms with Gasteiger partial charge in [-0.05, 0) is 42.0 Å². The maximum absolute atomic E-state index is 12.9. The summed E-state index contributed by atoms with van der Waals surface area (Å²) in [7, 11) is -2.09. The lowest BCUT2D eigenvalue weighted by atomic mass is 10.2. The molecule has 3 aromatic carbocycles. The SMILES string of the molecule is COc1ccc(CNC(=O)CNc2ccccc2S(=O)(=O)c2ccccc2)cc1. The van der Waals surface area contributed by atoms with Crippen LogP contribution in [0.1, 0.15) is 5.56 Å². The van der Waals surface area contributed by atoms with Gasteiger partial charge in [0.2, 0.25) is 15.7 Å². The second-order valence-electron chi connectivity index (χ2n) is 6.29. The van der Waals surface area contributed by atoms with Crippen molar-refractivity contribution in [2.75, 3.05) is 19.0 Å². The number of hydrogen-bond donors (Lipinski definition) is 2. The molecule has 6 nitrogen and oxygen atoms in total. The Morgan fingerprint density at radius 2 is 1.55 bits per heavy atom. The Kier molecular flexibility index (Phi) is 6.51. The minimum atomic E-state index is -3.69. The summed E-state index contributed by atoms with van der Waals surface area (Å²) >= 11 is 0. The van der Waals surface area contributed by atoms with Crippen molar-refractivity contribution in [3.8, 4) is 5.75 Å². The topological polar surface area (TPSA) is 84.5 Å². The number of methoxy groups -OCH3 is 1.